The second-order valence-corrected chi connectivity index (χ2v) is 5.81. The van der Waals surface area contributed by atoms with E-state index >= 15 is 0 Å². The number of pyridine rings is 1. The summed E-state index contributed by atoms with van der Waals surface area (Å²) >= 11 is 0. The van der Waals surface area contributed by atoms with Gasteiger partial charge in [-0.05, 0) is 29.7 Å². The molecule has 0 fully saturated rings. The lowest BCUT2D eigenvalue weighted by atomic mass is 10.1. The number of amides is 1. The Bertz CT molecular complexity index is 1010. The maximum atomic E-state index is 12.1. The van der Waals surface area contributed by atoms with Crippen LogP contribution in [0.4, 0.5) is 5.82 Å². The number of aromatic nitrogens is 3. The first kappa shape index (κ1) is 17.3. The van der Waals surface area contributed by atoms with Crippen LogP contribution in [-0.2, 0) is 17.8 Å². The van der Waals surface area contributed by atoms with Crippen molar-refractivity contribution >= 4 is 11.7 Å². The number of nitrogens with one attached hydrogen (secondary N) is 2. The number of benzene rings is 1. The molecule has 7 nitrogen and oxygen atoms in total. The summed E-state index contributed by atoms with van der Waals surface area (Å²) in [6.07, 6.45) is 3.86. The van der Waals surface area contributed by atoms with Crippen molar-refractivity contribution in [1.82, 2.24) is 14.5 Å². The third-order valence-electron chi connectivity index (χ3n) is 3.82. The van der Waals surface area contributed by atoms with E-state index in [1.165, 1.54) is 22.4 Å². The lowest BCUT2D eigenvalue weighted by Crippen LogP contribution is -2.29. The Morgan fingerprint density at radius 2 is 1.88 bits per heavy atom. The zero-order valence-electron chi connectivity index (χ0n) is 14.0. The molecule has 7 heteroatoms. The number of carbonyl (C=O) groups excluding carboxylic acids is 1. The van der Waals surface area contributed by atoms with Gasteiger partial charge in [-0.3, -0.25) is 14.6 Å². The van der Waals surface area contributed by atoms with Crippen LogP contribution < -0.4 is 16.6 Å². The van der Waals surface area contributed by atoms with Crippen LogP contribution in [0.3, 0.4) is 0 Å². The topological polar surface area (TPSA) is 96.9 Å². The fourth-order valence-electron chi connectivity index (χ4n) is 2.53. The molecule has 2 aromatic heterocycles. The van der Waals surface area contributed by atoms with Crippen molar-refractivity contribution < 1.29 is 4.79 Å². The van der Waals surface area contributed by atoms with Crippen molar-refractivity contribution in [2.24, 2.45) is 0 Å². The predicted octanol–water partition coefficient (Wildman–Crippen LogP) is 1.55. The Morgan fingerprint density at radius 1 is 1.08 bits per heavy atom. The number of hydrogen-bond acceptors (Lipinski definition) is 4. The van der Waals surface area contributed by atoms with E-state index in [1.54, 1.807) is 6.20 Å². The first-order chi connectivity index (χ1) is 12.6. The van der Waals surface area contributed by atoms with Crippen LogP contribution >= 0.6 is 0 Å². The van der Waals surface area contributed by atoms with Crippen LogP contribution in [0.15, 0.2) is 70.5 Å². The smallest absolute Gasteiger partial charge is 0.311 e. The fraction of sp³-hybridized carbons (Fsp3) is 0.158. The van der Waals surface area contributed by atoms with E-state index in [-0.39, 0.29) is 18.9 Å². The first-order valence-electron chi connectivity index (χ1n) is 8.18. The molecule has 26 heavy (non-hydrogen) atoms. The first-order valence-corrected chi connectivity index (χ1v) is 8.18. The number of hydrogen-bond donors (Lipinski definition) is 2. The highest BCUT2D eigenvalue weighted by Crippen LogP contribution is 2.12. The third kappa shape index (κ3) is 4.76. The quantitative estimate of drug-likeness (QED) is 0.705. The summed E-state index contributed by atoms with van der Waals surface area (Å²) in [5.74, 6) is 0.213. The zero-order chi connectivity index (χ0) is 18.4. The van der Waals surface area contributed by atoms with E-state index in [0.29, 0.717) is 5.82 Å². The molecule has 3 aromatic rings. The largest absolute Gasteiger partial charge is 0.328 e. The third-order valence-corrected chi connectivity index (χ3v) is 3.82. The molecule has 0 aliphatic carbocycles. The van der Waals surface area contributed by atoms with Crippen LogP contribution in [0.5, 0.6) is 0 Å². The van der Waals surface area contributed by atoms with Gasteiger partial charge in [-0.2, -0.15) is 0 Å². The highest BCUT2D eigenvalue weighted by molar-refractivity contribution is 5.89. The minimum Gasteiger partial charge on any atom is -0.311 e. The number of aryl methyl sites for hydroxylation is 1. The molecular weight excluding hydrogens is 332 g/mol. The number of nitrogens with zero attached hydrogens (tertiary/aromatic N) is 2. The molecule has 3 rings (SSSR count). The number of H-pyrrole nitrogens is 1. The Kier molecular flexibility index (Phi) is 5.38. The van der Waals surface area contributed by atoms with Crippen LogP contribution in [-0.4, -0.2) is 20.4 Å². The highest BCUT2D eigenvalue weighted by atomic mass is 16.2. The number of carbonyl (C=O) groups is 1. The molecular formula is C19H18N4O3. The highest BCUT2D eigenvalue weighted by Gasteiger charge is 2.06. The van der Waals surface area contributed by atoms with Crippen LogP contribution in [0.2, 0.25) is 0 Å². The molecule has 0 aliphatic rings. The Labute approximate surface area is 149 Å². The van der Waals surface area contributed by atoms with Gasteiger partial charge in [0.1, 0.15) is 5.82 Å². The Balaban J connectivity index is 1.59. The summed E-state index contributed by atoms with van der Waals surface area (Å²) in [5.41, 5.74) is 1.22. The summed E-state index contributed by atoms with van der Waals surface area (Å²) in [6, 6.07) is 15.0. The van der Waals surface area contributed by atoms with Crippen molar-refractivity contribution in [2.75, 3.05) is 5.32 Å². The molecule has 0 saturated heterocycles. The van der Waals surface area contributed by atoms with Gasteiger partial charge in [0.2, 0.25) is 5.91 Å². The van der Waals surface area contributed by atoms with Crippen LogP contribution in [0, 0.1) is 0 Å². The van der Waals surface area contributed by atoms with E-state index in [0.717, 1.165) is 12.0 Å². The average Bonchev–Trinajstić information content (AvgIpc) is 2.62. The molecule has 132 valence electrons. The standard InChI is InChI=1S/C19H18N4O3/c24-17(7-10-23-11-8-18(25)22-19(23)26)21-16-13-15(6-9-20-16)12-14-4-2-1-3-5-14/h1-6,8-9,11,13H,7,10,12H2,(H,20,21,24)(H,22,25,26). The van der Waals surface area contributed by atoms with E-state index < -0.39 is 11.2 Å². The van der Waals surface area contributed by atoms with Crippen molar-refractivity contribution in [2.45, 2.75) is 19.4 Å². The van der Waals surface area contributed by atoms with E-state index in [2.05, 4.69) is 15.3 Å². The second-order valence-electron chi connectivity index (χ2n) is 5.81. The maximum Gasteiger partial charge on any atom is 0.328 e. The van der Waals surface area contributed by atoms with Gasteiger partial charge in [-0.15, -0.1) is 0 Å². The maximum absolute atomic E-state index is 12.1. The Morgan fingerprint density at radius 3 is 2.65 bits per heavy atom. The lowest BCUT2D eigenvalue weighted by Gasteiger charge is -2.08. The average molecular weight is 350 g/mol. The molecule has 0 saturated carbocycles. The minimum atomic E-state index is -0.534. The SMILES string of the molecule is O=C(CCn1ccc(=O)[nH]c1=O)Nc1cc(Cc2ccccc2)ccn1. The van der Waals surface area contributed by atoms with Crippen LogP contribution in [0.25, 0.3) is 0 Å². The minimum absolute atomic E-state index is 0.0938. The molecule has 0 aliphatic heterocycles. The molecule has 1 amide bonds. The molecule has 0 atom stereocenters. The number of rotatable bonds is 6. The molecule has 0 radical (unpaired) electrons. The predicted molar refractivity (Wildman–Crippen MR) is 98.1 cm³/mol. The van der Waals surface area contributed by atoms with Crippen molar-refractivity contribution in [3.63, 3.8) is 0 Å². The zero-order valence-corrected chi connectivity index (χ0v) is 14.0. The van der Waals surface area contributed by atoms with Crippen molar-refractivity contribution in [1.29, 1.82) is 0 Å². The summed E-state index contributed by atoms with van der Waals surface area (Å²) in [7, 11) is 0. The van der Waals surface area contributed by atoms with Crippen molar-refractivity contribution in [3.05, 3.63) is 92.9 Å². The number of anilines is 1. The molecule has 1 aromatic carbocycles. The van der Waals surface area contributed by atoms with Gasteiger partial charge in [0.05, 0.1) is 0 Å². The van der Waals surface area contributed by atoms with E-state index in [9.17, 15) is 14.4 Å². The monoisotopic (exact) mass is 350 g/mol. The van der Waals surface area contributed by atoms with Crippen molar-refractivity contribution in [3.8, 4) is 0 Å². The summed E-state index contributed by atoms with van der Waals surface area (Å²) in [4.78, 5) is 41.0. The summed E-state index contributed by atoms with van der Waals surface area (Å²) in [5, 5.41) is 2.73. The van der Waals surface area contributed by atoms with Gasteiger partial charge in [0.25, 0.3) is 5.56 Å². The van der Waals surface area contributed by atoms with Gasteiger partial charge in [-0.1, -0.05) is 30.3 Å². The van der Waals surface area contributed by atoms with Gasteiger partial charge < -0.3 is 9.88 Å². The second kappa shape index (κ2) is 8.06. The van der Waals surface area contributed by atoms with Gasteiger partial charge in [0.15, 0.2) is 0 Å². The molecule has 2 heterocycles. The lowest BCUT2D eigenvalue weighted by molar-refractivity contribution is -0.116. The molecule has 0 unspecified atom stereocenters. The van der Waals surface area contributed by atoms with E-state index in [4.69, 9.17) is 0 Å². The van der Waals surface area contributed by atoms with Gasteiger partial charge >= 0.3 is 5.69 Å². The molecule has 0 bridgehead atoms. The molecule has 2 N–H and O–H groups in total. The van der Waals surface area contributed by atoms with E-state index in [1.807, 2.05) is 42.5 Å². The fourth-order valence-corrected chi connectivity index (χ4v) is 2.53. The van der Waals surface area contributed by atoms with Crippen LogP contribution in [0.1, 0.15) is 17.5 Å². The molecule has 0 spiro atoms. The van der Waals surface area contributed by atoms with Gasteiger partial charge in [0, 0.05) is 31.4 Å². The summed E-state index contributed by atoms with van der Waals surface area (Å²) < 4.78 is 1.28. The van der Waals surface area contributed by atoms with Gasteiger partial charge in [-0.25, -0.2) is 9.78 Å². The normalized spacial score (nSPS) is 10.5. The number of aromatic amines is 1. The summed E-state index contributed by atoms with van der Waals surface area (Å²) in [6.45, 7) is 0.172. The Hall–Kier alpha value is -3.48.